The molecule has 8 heteroatoms. The molecule has 2 aromatic rings. The quantitative estimate of drug-likeness (QED) is 0.333. The molecule has 33 heavy (non-hydrogen) atoms. The van der Waals surface area contributed by atoms with Gasteiger partial charge in [-0.05, 0) is 85.0 Å². The third-order valence-corrected chi connectivity index (χ3v) is 6.61. The Morgan fingerprint density at radius 2 is 1.70 bits per heavy atom. The maximum Gasteiger partial charge on any atom is 0.329 e. The van der Waals surface area contributed by atoms with Gasteiger partial charge in [-0.25, -0.2) is 4.79 Å². The molecule has 1 aliphatic rings. The normalized spacial score (nSPS) is 16.0. The summed E-state index contributed by atoms with van der Waals surface area (Å²) in [5.41, 5.74) is 2.60. The lowest BCUT2D eigenvalue weighted by atomic mass is 10.0. The second-order valence-electron chi connectivity index (χ2n) is 8.26. The third kappa shape index (κ3) is 5.78. The number of carbonyl (C=O) groups is 3. The van der Waals surface area contributed by atoms with Crippen LogP contribution in [0.3, 0.4) is 0 Å². The Labute approximate surface area is 202 Å². The summed E-state index contributed by atoms with van der Waals surface area (Å²) in [5.74, 6) is 0.328. The molecule has 3 rings (SSSR count). The van der Waals surface area contributed by atoms with E-state index in [-0.39, 0.29) is 10.8 Å². The zero-order chi connectivity index (χ0) is 24.3. The molecule has 6 nitrogen and oxygen atoms in total. The first kappa shape index (κ1) is 24.9. The average molecular weight is 488 g/mol. The number of amides is 2. The number of aryl methyl sites for hydroxylation is 2. The van der Waals surface area contributed by atoms with Gasteiger partial charge in [-0.2, -0.15) is 0 Å². The molecule has 1 heterocycles. The maximum atomic E-state index is 12.9. The van der Waals surface area contributed by atoms with Crippen molar-refractivity contribution in [1.29, 1.82) is 0 Å². The zero-order valence-electron chi connectivity index (χ0n) is 19.2. The van der Waals surface area contributed by atoms with Gasteiger partial charge in [0.25, 0.3) is 11.1 Å². The van der Waals surface area contributed by atoms with Gasteiger partial charge in [0.1, 0.15) is 17.5 Å². The summed E-state index contributed by atoms with van der Waals surface area (Å²) in [6.45, 7) is 7.68. The molecule has 2 aromatic carbocycles. The standard InChI is InChI=1S/C25H26ClNO5S/c1-14(2)10-20(24(29)31-5)27-23(28)21(33-25(27)30)13-17-6-8-18(9-7-17)32-19-11-15(3)22(26)16(4)12-19/h6-9,11-14,20H,10H2,1-5H3/b21-13-/t20-/m0/s1. The molecule has 0 aliphatic carbocycles. The third-order valence-electron chi connectivity index (χ3n) is 5.13. The summed E-state index contributed by atoms with van der Waals surface area (Å²) in [7, 11) is 1.25. The van der Waals surface area contributed by atoms with Crippen molar-refractivity contribution in [2.45, 2.75) is 40.2 Å². The number of rotatable bonds is 7. The summed E-state index contributed by atoms with van der Waals surface area (Å²) in [6.07, 6.45) is 1.97. The number of hydrogen-bond acceptors (Lipinski definition) is 6. The summed E-state index contributed by atoms with van der Waals surface area (Å²) >= 11 is 7.03. The van der Waals surface area contributed by atoms with Crippen LogP contribution in [0.25, 0.3) is 6.08 Å². The van der Waals surface area contributed by atoms with Gasteiger partial charge in [0, 0.05) is 5.02 Å². The second kappa shape index (κ2) is 10.4. The zero-order valence-corrected chi connectivity index (χ0v) is 20.8. The fourth-order valence-corrected chi connectivity index (χ4v) is 4.51. The highest BCUT2D eigenvalue weighted by atomic mass is 35.5. The van der Waals surface area contributed by atoms with Gasteiger partial charge < -0.3 is 9.47 Å². The number of benzene rings is 2. The van der Waals surface area contributed by atoms with E-state index in [0.29, 0.717) is 17.9 Å². The van der Waals surface area contributed by atoms with Crippen molar-refractivity contribution in [2.75, 3.05) is 7.11 Å². The summed E-state index contributed by atoms with van der Waals surface area (Å²) in [4.78, 5) is 39.0. The van der Waals surface area contributed by atoms with E-state index >= 15 is 0 Å². The fraction of sp³-hybridized carbons (Fsp3) is 0.320. The highest BCUT2D eigenvalue weighted by molar-refractivity contribution is 8.18. The van der Waals surface area contributed by atoms with Gasteiger partial charge in [0.2, 0.25) is 0 Å². The molecule has 1 saturated heterocycles. The highest BCUT2D eigenvalue weighted by Crippen LogP contribution is 2.36. The number of methoxy groups -OCH3 is 1. The van der Waals surface area contributed by atoms with Crippen LogP contribution in [-0.2, 0) is 14.3 Å². The molecule has 0 N–H and O–H groups in total. The number of carbonyl (C=O) groups excluding carboxylic acids is 3. The molecule has 0 radical (unpaired) electrons. The Morgan fingerprint density at radius 3 is 2.24 bits per heavy atom. The first-order valence-corrected chi connectivity index (χ1v) is 11.7. The first-order valence-electron chi connectivity index (χ1n) is 10.5. The summed E-state index contributed by atoms with van der Waals surface area (Å²) < 4.78 is 10.7. The lowest BCUT2D eigenvalue weighted by Crippen LogP contribution is -2.45. The van der Waals surface area contributed by atoms with E-state index in [1.165, 1.54) is 7.11 Å². The molecule has 1 fully saturated rings. The molecule has 0 unspecified atom stereocenters. The van der Waals surface area contributed by atoms with Crippen LogP contribution in [0.1, 0.15) is 37.0 Å². The van der Waals surface area contributed by atoms with Gasteiger partial charge in [0.05, 0.1) is 12.0 Å². The van der Waals surface area contributed by atoms with Crippen LogP contribution in [-0.4, -0.2) is 35.2 Å². The van der Waals surface area contributed by atoms with Crippen LogP contribution in [0.4, 0.5) is 4.79 Å². The molecule has 1 atom stereocenters. The van der Waals surface area contributed by atoms with Gasteiger partial charge in [0.15, 0.2) is 0 Å². The van der Waals surface area contributed by atoms with Crippen molar-refractivity contribution < 1.29 is 23.9 Å². The second-order valence-corrected chi connectivity index (χ2v) is 9.63. The lowest BCUT2D eigenvalue weighted by Gasteiger charge is -2.24. The average Bonchev–Trinajstić information content (AvgIpc) is 3.03. The molecular weight excluding hydrogens is 462 g/mol. The van der Waals surface area contributed by atoms with Gasteiger partial charge >= 0.3 is 5.97 Å². The highest BCUT2D eigenvalue weighted by Gasteiger charge is 2.43. The Kier molecular flexibility index (Phi) is 7.87. The van der Waals surface area contributed by atoms with Crippen molar-refractivity contribution in [3.8, 4) is 11.5 Å². The molecule has 0 bridgehead atoms. The largest absolute Gasteiger partial charge is 0.467 e. The molecule has 0 aromatic heterocycles. The summed E-state index contributed by atoms with van der Waals surface area (Å²) in [6, 6.07) is 9.96. The van der Waals surface area contributed by atoms with Gasteiger partial charge in [-0.15, -0.1) is 0 Å². The maximum absolute atomic E-state index is 12.9. The molecule has 2 amide bonds. The number of hydrogen-bond donors (Lipinski definition) is 0. The lowest BCUT2D eigenvalue weighted by molar-refractivity contribution is -0.149. The molecule has 1 aliphatic heterocycles. The van der Waals surface area contributed by atoms with E-state index in [4.69, 9.17) is 21.1 Å². The topological polar surface area (TPSA) is 72.9 Å². The van der Waals surface area contributed by atoms with E-state index in [1.54, 1.807) is 30.3 Å². The van der Waals surface area contributed by atoms with Crippen LogP contribution in [0, 0.1) is 19.8 Å². The minimum atomic E-state index is -0.935. The number of esters is 1. The van der Waals surface area contributed by atoms with Crippen molar-refractivity contribution in [2.24, 2.45) is 5.92 Å². The Bertz CT molecular complexity index is 1090. The monoisotopic (exact) mass is 487 g/mol. The van der Waals surface area contributed by atoms with E-state index in [2.05, 4.69) is 0 Å². The first-order chi connectivity index (χ1) is 15.6. The van der Waals surface area contributed by atoms with Crippen molar-refractivity contribution in [3.63, 3.8) is 0 Å². The predicted octanol–water partition coefficient (Wildman–Crippen LogP) is 6.37. The summed E-state index contributed by atoms with van der Waals surface area (Å²) in [5, 5.41) is 0.241. The van der Waals surface area contributed by atoms with E-state index in [0.717, 1.165) is 38.4 Å². The van der Waals surface area contributed by atoms with Crippen molar-refractivity contribution in [1.82, 2.24) is 4.90 Å². The number of nitrogens with zero attached hydrogens (tertiary/aromatic N) is 1. The van der Waals surface area contributed by atoms with Crippen LogP contribution in [0.5, 0.6) is 11.5 Å². The number of imide groups is 1. The van der Waals surface area contributed by atoms with Gasteiger partial charge in [-0.3, -0.25) is 14.5 Å². The van der Waals surface area contributed by atoms with Gasteiger partial charge in [-0.1, -0.05) is 37.6 Å². The molecule has 174 valence electrons. The van der Waals surface area contributed by atoms with Crippen molar-refractivity contribution in [3.05, 3.63) is 63.0 Å². The minimum absolute atomic E-state index is 0.105. The Balaban J connectivity index is 1.77. The smallest absolute Gasteiger partial charge is 0.329 e. The molecular formula is C25H26ClNO5S. The van der Waals surface area contributed by atoms with Crippen LogP contribution >= 0.6 is 23.4 Å². The van der Waals surface area contributed by atoms with Crippen LogP contribution in [0.2, 0.25) is 5.02 Å². The van der Waals surface area contributed by atoms with E-state index in [1.807, 2.05) is 39.8 Å². The Morgan fingerprint density at radius 1 is 1.09 bits per heavy atom. The number of ether oxygens (including phenoxy) is 2. The van der Waals surface area contributed by atoms with E-state index < -0.39 is 23.2 Å². The van der Waals surface area contributed by atoms with Crippen LogP contribution in [0.15, 0.2) is 41.3 Å². The fourth-order valence-electron chi connectivity index (χ4n) is 3.52. The minimum Gasteiger partial charge on any atom is -0.467 e. The Hall–Kier alpha value is -2.77. The number of thioether (sulfide) groups is 1. The van der Waals surface area contributed by atoms with Crippen molar-refractivity contribution >= 4 is 46.6 Å². The van der Waals surface area contributed by atoms with Crippen LogP contribution < -0.4 is 4.74 Å². The number of halogens is 1. The molecule has 0 saturated carbocycles. The SMILES string of the molecule is COC(=O)[C@H](CC(C)C)N1C(=O)S/C(=C\c2ccc(Oc3cc(C)c(Cl)c(C)c3)cc2)C1=O. The van der Waals surface area contributed by atoms with E-state index in [9.17, 15) is 14.4 Å². The predicted molar refractivity (Wildman–Crippen MR) is 131 cm³/mol. The molecule has 0 spiro atoms.